The van der Waals surface area contributed by atoms with Gasteiger partial charge in [-0.05, 0) is 5.56 Å². The molecule has 0 bridgehead atoms. The van der Waals surface area contributed by atoms with Crippen LogP contribution in [0.2, 0.25) is 0 Å². The maximum absolute atomic E-state index is 12.6. The standard InChI is InChI=1S/C18H22N6O2/c1-22-14-13(19)17(23-9-7-20-8-10-23)24(11-12-5-3-2-4-6-12)15(14)16(25)21-18(22)26/h2-6,20H,7-11,19H2,1H3,(H,21,25,26). The molecule has 0 aliphatic carbocycles. The van der Waals surface area contributed by atoms with Gasteiger partial charge in [0.1, 0.15) is 16.9 Å². The number of nitrogens with one attached hydrogen (secondary N) is 2. The SMILES string of the molecule is Cn1c(=O)[nH]c(=O)c2c1c(N)c(N1CCNCC1)n2Cc1ccccc1. The highest BCUT2D eigenvalue weighted by Gasteiger charge is 2.25. The predicted molar refractivity (Wildman–Crippen MR) is 103 cm³/mol. The number of aromatic amines is 1. The molecule has 26 heavy (non-hydrogen) atoms. The van der Waals surface area contributed by atoms with Crippen LogP contribution in [0, 0.1) is 0 Å². The maximum atomic E-state index is 12.6. The lowest BCUT2D eigenvalue weighted by molar-refractivity contribution is 0.577. The summed E-state index contributed by atoms with van der Waals surface area (Å²) in [6.45, 7) is 3.79. The van der Waals surface area contributed by atoms with E-state index in [1.807, 2.05) is 34.9 Å². The zero-order chi connectivity index (χ0) is 18.3. The monoisotopic (exact) mass is 354 g/mol. The van der Waals surface area contributed by atoms with Crippen LogP contribution >= 0.6 is 0 Å². The Morgan fingerprint density at radius 3 is 2.46 bits per heavy atom. The van der Waals surface area contributed by atoms with E-state index in [0.29, 0.717) is 23.3 Å². The summed E-state index contributed by atoms with van der Waals surface area (Å²) in [5, 5.41) is 3.32. The van der Waals surface area contributed by atoms with Crippen LogP contribution in [0.4, 0.5) is 11.5 Å². The zero-order valence-electron chi connectivity index (χ0n) is 14.7. The number of hydrogen-bond donors (Lipinski definition) is 3. The summed E-state index contributed by atoms with van der Waals surface area (Å²) in [7, 11) is 1.63. The van der Waals surface area contributed by atoms with Crippen LogP contribution in [0.3, 0.4) is 0 Å². The number of anilines is 2. The lowest BCUT2D eigenvalue weighted by atomic mass is 10.2. The summed E-state index contributed by atoms with van der Waals surface area (Å²) in [6, 6.07) is 9.92. The van der Waals surface area contributed by atoms with Crippen molar-refractivity contribution in [2.45, 2.75) is 6.54 Å². The summed E-state index contributed by atoms with van der Waals surface area (Å²) in [5.41, 5.74) is 8.06. The molecule has 136 valence electrons. The Kier molecular flexibility index (Phi) is 4.04. The number of piperazine rings is 1. The van der Waals surface area contributed by atoms with Crippen molar-refractivity contribution in [2.75, 3.05) is 36.8 Å². The van der Waals surface area contributed by atoms with Gasteiger partial charge in [-0.2, -0.15) is 0 Å². The van der Waals surface area contributed by atoms with E-state index in [-0.39, 0.29) is 0 Å². The van der Waals surface area contributed by atoms with Gasteiger partial charge in [0.15, 0.2) is 0 Å². The van der Waals surface area contributed by atoms with Gasteiger partial charge >= 0.3 is 5.69 Å². The topological polar surface area (TPSA) is 101 Å². The molecule has 0 unspecified atom stereocenters. The second-order valence-corrected chi connectivity index (χ2v) is 6.56. The first-order valence-corrected chi connectivity index (χ1v) is 8.68. The molecule has 1 fully saturated rings. The molecule has 4 rings (SSSR count). The van der Waals surface area contributed by atoms with Crippen molar-refractivity contribution in [2.24, 2.45) is 7.05 Å². The second-order valence-electron chi connectivity index (χ2n) is 6.56. The van der Waals surface area contributed by atoms with Crippen LogP contribution in [0.5, 0.6) is 0 Å². The summed E-state index contributed by atoms with van der Waals surface area (Å²) < 4.78 is 3.35. The molecule has 1 aliphatic heterocycles. The van der Waals surface area contributed by atoms with E-state index >= 15 is 0 Å². The van der Waals surface area contributed by atoms with Crippen LogP contribution in [0.1, 0.15) is 5.56 Å². The molecule has 1 aromatic carbocycles. The normalized spacial score (nSPS) is 14.9. The van der Waals surface area contributed by atoms with Gasteiger partial charge in [0.25, 0.3) is 5.56 Å². The fourth-order valence-corrected chi connectivity index (χ4v) is 3.66. The number of nitrogens with two attached hydrogens (primary N) is 1. The van der Waals surface area contributed by atoms with Gasteiger partial charge < -0.3 is 20.5 Å². The van der Waals surface area contributed by atoms with Crippen molar-refractivity contribution in [1.29, 1.82) is 0 Å². The molecule has 1 aliphatic rings. The average molecular weight is 354 g/mol. The average Bonchev–Trinajstić information content (AvgIpc) is 2.94. The number of benzene rings is 1. The van der Waals surface area contributed by atoms with Crippen molar-refractivity contribution >= 4 is 22.5 Å². The fourth-order valence-electron chi connectivity index (χ4n) is 3.66. The number of rotatable bonds is 3. The molecule has 0 spiro atoms. The number of nitrogens with zero attached hydrogens (tertiary/aromatic N) is 3. The minimum Gasteiger partial charge on any atom is -0.394 e. The summed E-state index contributed by atoms with van der Waals surface area (Å²) in [6.07, 6.45) is 0. The third-order valence-corrected chi connectivity index (χ3v) is 4.92. The van der Waals surface area contributed by atoms with Crippen LogP contribution in [-0.2, 0) is 13.6 Å². The molecule has 8 heteroatoms. The Labute approximate surface area is 149 Å². The molecule has 3 heterocycles. The molecule has 1 saturated heterocycles. The third-order valence-electron chi connectivity index (χ3n) is 4.92. The second kappa shape index (κ2) is 6.38. The maximum Gasteiger partial charge on any atom is 0.328 e. The molecule has 0 amide bonds. The molecule has 8 nitrogen and oxygen atoms in total. The number of aromatic nitrogens is 3. The third kappa shape index (κ3) is 2.59. The predicted octanol–water partition coefficient (Wildman–Crippen LogP) is 0.0684. The Balaban J connectivity index is 2.01. The van der Waals surface area contributed by atoms with E-state index in [0.717, 1.165) is 37.6 Å². The van der Waals surface area contributed by atoms with Crippen molar-refractivity contribution in [1.82, 2.24) is 19.4 Å². The summed E-state index contributed by atoms with van der Waals surface area (Å²) >= 11 is 0. The number of nitrogen functional groups attached to an aromatic ring is 1. The summed E-state index contributed by atoms with van der Waals surface area (Å²) in [5.74, 6) is 0.803. The number of H-pyrrole nitrogens is 1. The van der Waals surface area contributed by atoms with E-state index in [4.69, 9.17) is 5.73 Å². The van der Waals surface area contributed by atoms with Gasteiger partial charge in [-0.1, -0.05) is 30.3 Å². The highest BCUT2D eigenvalue weighted by atomic mass is 16.2. The van der Waals surface area contributed by atoms with Gasteiger partial charge in [0.2, 0.25) is 0 Å². The minimum atomic E-state index is -0.460. The van der Waals surface area contributed by atoms with Crippen molar-refractivity contribution in [3.8, 4) is 0 Å². The van der Waals surface area contributed by atoms with Crippen LogP contribution in [0.15, 0.2) is 39.9 Å². The first-order chi connectivity index (χ1) is 12.6. The number of fused-ring (bicyclic) bond motifs is 1. The first-order valence-electron chi connectivity index (χ1n) is 8.68. The Morgan fingerprint density at radius 2 is 1.77 bits per heavy atom. The van der Waals surface area contributed by atoms with Crippen LogP contribution in [-0.4, -0.2) is 40.3 Å². The Morgan fingerprint density at radius 1 is 1.08 bits per heavy atom. The fraction of sp³-hybridized carbons (Fsp3) is 0.333. The van der Waals surface area contributed by atoms with Crippen molar-refractivity contribution in [3.05, 3.63) is 56.7 Å². The highest BCUT2D eigenvalue weighted by molar-refractivity contribution is 5.96. The number of aryl methyl sites for hydroxylation is 1. The lowest BCUT2D eigenvalue weighted by Crippen LogP contribution is -2.44. The summed E-state index contributed by atoms with van der Waals surface area (Å²) in [4.78, 5) is 29.3. The smallest absolute Gasteiger partial charge is 0.328 e. The molecule has 0 radical (unpaired) electrons. The van der Waals surface area contributed by atoms with E-state index in [2.05, 4.69) is 15.2 Å². The van der Waals surface area contributed by atoms with Gasteiger partial charge in [-0.15, -0.1) is 0 Å². The molecule has 2 aromatic heterocycles. The lowest BCUT2D eigenvalue weighted by Gasteiger charge is -2.30. The largest absolute Gasteiger partial charge is 0.394 e. The van der Waals surface area contributed by atoms with Crippen LogP contribution < -0.4 is 27.2 Å². The minimum absolute atomic E-state index is 0.410. The van der Waals surface area contributed by atoms with Gasteiger partial charge in [0, 0.05) is 39.8 Å². The Hall–Kier alpha value is -3.00. The molecular formula is C18H22N6O2. The molecule has 4 N–H and O–H groups in total. The molecule has 0 saturated carbocycles. The number of hydrogen-bond acceptors (Lipinski definition) is 5. The van der Waals surface area contributed by atoms with E-state index in [1.165, 1.54) is 4.57 Å². The van der Waals surface area contributed by atoms with Crippen molar-refractivity contribution < 1.29 is 0 Å². The first kappa shape index (κ1) is 16.5. The molecule has 0 atom stereocenters. The molecule has 3 aromatic rings. The van der Waals surface area contributed by atoms with Gasteiger partial charge in [0.05, 0.1) is 5.69 Å². The molecular weight excluding hydrogens is 332 g/mol. The van der Waals surface area contributed by atoms with E-state index < -0.39 is 11.2 Å². The zero-order valence-corrected chi connectivity index (χ0v) is 14.7. The highest BCUT2D eigenvalue weighted by Crippen LogP contribution is 2.33. The quantitative estimate of drug-likeness (QED) is 0.618. The van der Waals surface area contributed by atoms with Crippen LogP contribution in [0.25, 0.3) is 11.0 Å². The van der Waals surface area contributed by atoms with Gasteiger partial charge in [-0.25, -0.2) is 4.79 Å². The van der Waals surface area contributed by atoms with Crippen molar-refractivity contribution in [3.63, 3.8) is 0 Å². The van der Waals surface area contributed by atoms with Gasteiger partial charge in [-0.3, -0.25) is 14.3 Å². The Bertz CT molecular complexity index is 1060. The van der Waals surface area contributed by atoms with E-state index in [1.54, 1.807) is 7.05 Å². The van der Waals surface area contributed by atoms with E-state index in [9.17, 15) is 9.59 Å².